The van der Waals surface area contributed by atoms with E-state index in [-0.39, 0.29) is 0 Å². The highest BCUT2D eigenvalue weighted by Gasteiger charge is 2.27. The van der Waals surface area contributed by atoms with E-state index in [2.05, 4.69) is 0 Å². The summed E-state index contributed by atoms with van der Waals surface area (Å²) in [5.74, 6) is 0. The molecular formula is C21H21O2P. The molecule has 2 nitrogen and oxygen atoms in total. The molecule has 3 aromatic rings. The van der Waals surface area contributed by atoms with Gasteiger partial charge in [0.05, 0.1) is 6.10 Å². The molecule has 0 aromatic heterocycles. The smallest absolute Gasteiger partial charge is 0.143 e. The van der Waals surface area contributed by atoms with Crippen molar-refractivity contribution in [3.8, 4) is 0 Å². The Morgan fingerprint density at radius 2 is 1.12 bits per heavy atom. The SMILES string of the molecule is O=P(CCC(O)c1ccccc1)(c1ccccc1)c1ccccc1. The number of aliphatic hydroxyl groups excluding tert-OH is 1. The molecule has 3 aromatic carbocycles. The van der Waals surface area contributed by atoms with E-state index in [1.807, 2.05) is 91.0 Å². The predicted octanol–water partition coefficient (Wildman–Crippen LogP) is 4.12. The summed E-state index contributed by atoms with van der Waals surface area (Å²) in [5, 5.41) is 12.1. The Morgan fingerprint density at radius 3 is 1.58 bits per heavy atom. The molecule has 0 aliphatic carbocycles. The van der Waals surface area contributed by atoms with Gasteiger partial charge in [-0.1, -0.05) is 91.0 Å². The number of benzene rings is 3. The van der Waals surface area contributed by atoms with Crippen molar-refractivity contribution in [3.05, 3.63) is 96.6 Å². The van der Waals surface area contributed by atoms with Crippen LogP contribution in [0, 0.1) is 0 Å². The number of aliphatic hydroxyl groups is 1. The Bertz CT molecular complexity index is 758. The van der Waals surface area contributed by atoms with Crippen LogP contribution in [0.3, 0.4) is 0 Å². The average molecular weight is 336 g/mol. The van der Waals surface area contributed by atoms with E-state index < -0.39 is 13.2 Å². The molecule has 0 aliphatic heterocycles. The van der Waals surface area contributed by atoms with E-state index in [1.165, 1.54) is 0 Å². The fourth-order valence-electron chi connectivity index (χ4n) is 2.89. The largest absolute Gasteiger partial charge is 0.388 e. The van der Waals surface area contributed by atoms with Crippen molar-refractivity contribution in [1.29, 1.82) is 0 Å². The molecule has 0 amide bonds. The maximum Gasteiger partial charge on any atom is 0.143 e. The van der Waals surface area contributed by atoms with Crippen molar-refractivity contribution in [2.75, 3.05) is 6.16 Å². The normalized spacial score (nSPS) is 12.7. The zero-order valence-electron chi connectivity index (χ0n) is 13.5. The van der Waals surface area contributed by atoms with Crippen LogP contribution in [-0.4, -0.2) is 11.3 Å². The first-order valence-electron chi connectivity index (χ1n) is 8.13. The minimum Gasteiger partial charge on any atom is -0.388 e. The standard InChI is InChI=1S/C21H21O2P/c22-21(18-10-4-1-5-11-18)16-17-24(23,19-12-6-2-7-13-19)20-14-8-3-9-15-20/h1-15,21-22H,16-17H2. The van der Waals surface area contributed by atoms with E-state index in [1.54, 1.807) is 0 Å². The molecule has 0 aliphatic rings. The van der Waals surface area contributed by atoms with Gasteiger partial charge in [-0.2, -0.15) is 0 Å². The number of rotatable bonds is 6. The summed E-state index contributed by atoms with van der Waals surface area (Å²) in [6.45, 7) is 0. The first-order valence-corrected chi connectivity index (χ1v) is 10.0. The van der Waals surface area contributed by atoms with E-state index >= 15 is 0 Å². The van der Waals surface area contributed by atoms with Crippen molar-refractivity contribution >= 4 is 17.8 Å². The number of hydrogen-bond acceptors (Lipinski definition) is 2. The monoisotopic (exact) mass is 336 g/mol. The van der Waals surface area contributed by atoms with Crippen molar-refractivity contribution in [2.45, 2.75) is 12.5 Å². The Kier molecular flexibility index (Phi) is 5.30. The second-order valence-corrected chi connectivity index (χ2v) is 8.81. The zero-order chi connectivity index (χ0) is 16.8. The van der Waals surface area contributed by atoms with Gasteiger partial charge in [0.1, 0.15) is 7.14 Å². The Balaban J connectivity index is 1.88. The Labute approximate surface area is 143 Å². The maximum absolute atomic E-state index is 13.8. The lowest BCUT2D eigenvalue weighted by molar-refractivity contribution is 0.174. The van der Waals surface area contributed by atoms with Crippen LogP contribution in [0.25, 0.3) is 0 Å². The molecule has 1 unspecified atom stereocenters. The van der Waals surface area contributed by atoms with Crippen LogP contribution in [0.1, 0.15) is 18.1 Å². The van der Waals surface area contributed by atoms with Gasteiger partial charge in [0.25, 0.3) is 0 Å². The van der Waals surface area contributed by atoms with Crippen molar-refractivity contribution in [3.63, 3.8) is 0 Å². The van der Waals surface area contributed by atoms with Gasteiger partial charge < -0.3 is 9.67 Å². The van der Waals surface area contributed by atoms with Gasteiger partial charge in [-0.15, -0.1) is 0 Å². The van der Waals surface area contributed by atoms with Gasteiger partial charge in [0, 0.05) is 16.8 Å². The quantitative estimate of drug-likeness (QED) is 0.688. The van der Waals surface area contributed by atoms with Crippen LogP contribution in [0.5, 0.6) is 0 Å². The molecule has 0 bridgehead atoms. The molecule has 0 saturated heterocycles. The summed E-state index contributed by atoms with van der Waals surface area (Å²) in [6, 6.07) is 28.7. The van der Waals surface area contributed by atoms with Gasteiger partial charge in [-0.05, 0) is 12.0 Å². The van der Waals surface area contributed by atoms with Gasteiger partial charge in [0.15, 0.2) is 0 Å². The summed E-state index contributed by atoms with van der Waals surface area (Å²) in [7, 11) is -2.76. The highest BCUT2D eigenvalue weighted by atomic mass is 31.2. The molecule has 0 radical (unpaired) electrons. The molecule has 0 heterocycles. The van der Waals surface area contributed by atoms with E-state index in [9.17, 15) is 9.67 Å². The lowest BCUT2D eigenvalue weighted by Gasteiger charge is -2.21. The van der Waals surface area contributed by atoms with Crippen LogP contribution in [0.2, 0.25) is 0 Å². The van der Waals surface area contributed by atoms with Gasteiger partial charge in [-0.25, -0.2) is 0 Å². The van der Waals surface area contributed by atoms with Crippen molar-refractivity contribution < 1.29 is 9.67 Å². The molecule has 1 N–H and O–H groups in total. The first-order chi connectivity index (χ1) is 11.7. The van der Waals surface area contributed by atoms with Crippen LogP contribution >= 0.6 is 7.14 Å². The van der Waals surface area contributed by atoms with Crippen LogP contribution in [0.4, 0.5) is 0 Å². The van der Waals surface area contributed by atoms with Gasteiger partial charge in [-0.3, -0.25) is 0 Å². The molecule has 24 heavy (non-hydrogen) atoms. The fourth-order valence-corrected chi connectivity index (χ4v) is 5.62. The molecule has 0 fully saturated rings. The highest BCUT2D eigenvalue weighted by molar-refractivity contribution is 7.78. The summed E-state index contributed by atoms with van der Waals surface area (Å²) in [4.78, 5) is 0. The zero-order valence-corrected chi connectivity index (χ0v) is 14.3. The van der Waals surface area contributed by atoms with Gasteiger partial charge in [0.2, 0.25) is 0 Å². The average Bonchev–Trinajstić information content (AvgIpc) is 2.68. The third kappa shape index (κ3) is 3.67. The third-order valence-corrected chi connectivity index (χ3v) is 7.40. The minimum atomic E-state index is -2.76. The second-order valence-electron chi connectivity index (χ2n) is 5.85. The molecule has 0 saturated carbocycles. The molecule has 3 heteroatoms. The fraction of sp³-hybridized carbons (Fsp3) is 0.143. The minimum absolute atomic E-state index is 0.442. The summed E-state index contributed by atoms with van der Waals surface area (Å²) in [5.41, 5.74) is 0.866. The topological polar surface area (TPSA) is 37.3 Å². The van der Waals surface area contributed by atoms with E-state index in [0.29, 0.717) is 12.6 Å². The molecular weight excluding hydrogens is 315 g/mol. The predicted molar refractivity (Wildman–Crippen MR) is 101 cm³/mol. The summed E-state index contributed by atoms with van der Waals surface area (Å²) >= 11 is 0. The third-order valence-electron chi connectivity index (χ3n) is 4.25. The Morgan fingerprint density at radius 1 is 0.708 bits per heavy atom. The van der Waals surface area contributed by atoms with Crippen LogP contribution in [0.15, 0.2) is 91.0 Å². The summed E-state index contributed by atoms with van der Waals surface area (Å²) in [6.07, 6.45) is 0.300. The molecule has 3 rings (SSSR count). The van der Waals surface area contributed by atoms with Gasteiger partial charge >= 0.3 is 0 Å². The van der Waals surface area contributed by atoms with E-state index in [4.69, 9.17) is 0 Å². The second kappa shape index (κ2) is 7.61. The summed E-state index contributed by atoms with van der Waals surface area (Å²) < 4.78 is 13.8. The van der Waals surface area contributed by atoms with Crippen LogP contribution in [-0.2, 0) is 4.57 Å². The van der Waals surface area contributed by atoms with Crippen molar-refractivity contribution in [2.24, 2.45) is 0 Å². The lowest BCUT2D eigenvalue weighted by Crippen LogP contribution is -2.19. The molecule has 1 atom stereocenters. The maximum atomic E-state index is 13.8. The molecule has 122 valence electrons. The lowest BCUT2D eigenvalue weighted by atomic mass is 10.1. The Hall–Kier alpha value is -2.15. The van der Waals surface area contributed by atoms with Crippen molar-refractivity contribution in [1.82, 2.24) is 0 Å². The highest BCUT2D eigenvalue weighted by Crippen LogP contribution is 2.45. The first kappa shape index (κ1) is 16.7. The van der Waals surface area contributed by atoms with E-state index in [0.717, 1.165) is 16.2 Å². The number of hydrogen-bond donors (Lipinski definition) is 1. The van der Waals surface area contributed by atoms with Crippen LogP contribution < -0.4 is 10.6 Å². The molecule has 0 spiro atoms.